The molecule has 3 rings (SSSR count). The van der Waals surface area contributed by atoms with Crippen LogP contribution in [0.15, 0.2) is 41.5 Å². The van der Waals surface area contributed by atoms with Crippen LogP contribution in [0.1, 0.15) is 25.8 Å². The molecule has 152 valence electrons. The summed E-state index contributed by atoms with van der Waals surface area (Å²) in [5.74, 6) is 0.292. The van der Waals surface area contributed by atoms with Crippen molar-refractivity contribution >= 4 is 52.2 Å². The van der Waals surface area contributed by atoms with Crippen LogP contribution in [0, 0.1) is 5.41 Å². The lowest BCUT2D eigenvalue weighted by atomic mass is 9.79. The monoisotopic (exact) mass is 434 g/mol. The van der Waals surface area contributed by atoms with Gasteiger partial charge in [-0.1, -0.05) is 49.2 Å². The van der Waals surface area contributed by atoms with Crippen molar-refractivity contribution in [3.63, 3.8) is 0 Å². The molecule has 1 aliphatic rings. The molecule has 0 bridgehead atoms. The summed E-state index contributed by atoms with van der Waals surface area (Å²) in [6.07, 6.45) is 0.334. The predicted octanol–water partition coefficient (Wildman–Crippen LogP) is 4.90. The highest BCUT2D eigenvalue weighted by Crippen LogP contribution is 2.34. The average Bonchev–Trinajstić information content (AvgIpc) is 2.63. The summed E-state index contributed by atoms with van der Waals surface area (Å²) < 4.78 is 5.09. The third-order valence-electron chi connectivity index (χ3n) is 4.42. The van der Waals surface area contributed by atoms with Crippen LogP contribution in [0.3, 0.4) is 0 Å². The van der Waals surface area contributed by atoms with Gasteiger partial charge in [0.25, 0.3) is 0 Å². The third kappa shape index (κ3) is 4.81. The van der Waals surface area contributed by atoms with Crippen LogP contribution in [0.5, 0.6) is 5.75 Å². The highest BCUT2D eigenvalue weighted by atomic mass is 35.5. The maximum Gasteiger partial charge on any atom is 0.323 e. The molecule has 1 aliphatic heterocycles. The second-order valence-corrected chi connectivity index (χ2v) is 8.00. The fourth-order valence-electron chi connectivity index (χ4n) is 3.06. The molecule has 0 spiro atoms. The number of carbonyl (C=O) groups is 2. The lowest BCUT2D eigenvalue weighted by Crippen LogP contribution is -2.39. The fraction of sp³-hybridized carbons (Fsp3) is 0.250. The number of hydrazone groups is 1. The number of amides is 3. The Kier molecular flexibility index (Phi) is 6.00. The Bertz CT molecular complexity index is 1010. The molecule has 0 aromatic heterocycles. The van der Waals surface area contributed by atoms with Crippen LogP contribution >= 0.6 is 23.2 Å². The van der Waals surface area contributed by atoms with E-state index < -0.39 is 11.4 Å². The molecule has 9 heteroatoms. The number of hydrogen-bond donors (Lipinski definition) is 3. The Balaban J connectivity index is 1.76. The zero-order valence-electron chi connectivity index (χ0n) is 16.1. The summed E-state index contributed by atoms with van der Waals surface area (Å²) in [6.45, 7) is 3.90. The van der Waals surface area contributed by atoms with Gasteiger partial charge in [-0.15, -0.1) is 0 Å². The van der Waals surface area contributed by atoms with Gasteiger partial charge in [0, 0.05) is 29.2 Å². The average molecular weight is 435 g/mol. The van der Waals surface area contributed by atoms with Crippen molar-refractivity contribution in [2.45, 2.75) is 20.3 Å². The smallest absolute Gasteiger partial charge is 0.323 e. The quantitative estimate of drug-likeness (QED) is 0.638. The fourth-order valence-corrected chi connectivity index (χ4v) is 3.50. The Morgan fingerprint density at radius 2 is 1.93 bits per heavy atom. The molecule has 7 nitrogen and oxygen atoms in total. The molecule has 0 atom stereocenters. The standard InChI is InChI=1S/C20H20Cl2N4O3/c1-20(2)10-17(27)25-26-18(20)11-5-4-6-12(7-11)23-19(28)24-15-8-14(22)16(29-3)9-13(15)21/h4-9H,10H2,1-3H3,(H,25,27)(H2,23,24,28). The van der Waals surface area contributed by atoms with Crippen LogP contribution < -0.4 is 20.8 Å². The minimum absolute atomic E-state index is 0.123. The normalized spacial score (nSPS) is 15.2. The van der Waals surface area contributed by atoms with Gasteiger partial charge in [0.2, 0.25) is 5.91 Å². The van der Waals surface area contributed by atoms with Crippen molar-refractivity contribution < 1.29 is 14.3 Å². The highest BCUT2D eigenvalue weighted by Gasteiger charge is 2.33. The molecule has 3 amide bonds. The highest BCUT2D eigenvalue weighted by molar-refractivity contribution is 6.36. The van der Waals surface area contributed by atoms with Crippen LogP contribution in [-0.4, -0.2) is 24.8 Å². The summed E-state index contributed by atoms with van der Waals surface area (Å²) in [5, 5.41) is 10.2. The number of hydrogen-bond acceptors (Lipinski definition) is 4. The minimum atomic E-state index is -0.483. The summed E-state index contributed by atoms with van der Waals surface area (Å²) in [5.41, 5.74) is 4.55. The van der Waals surface area contributed by atoms with Gasteiger partial charge in [-0.3, -0.25) is 4.79 Å². The Morgan fingerprint density at radius 3 is 2.62 bits per heavy atom. The molecule has 0 saturated heterocycles. The molecule has 3 N–H and O–H groups in total. The number of halogens is 2. The lowest BCUT2D eigenvalue weighted by molar-refractivity contribution is -0.122. The van der Waals surface area contributed by atoms with Gasteiger partial charge in [-0.25, -0.2) is 10.2 Å². The largest absolute Gasteiger partial charge is 0.495 e. The van der Waals surface area contributed by atoms with E-state index in [1.54, 1.807) is 18.2 Å². The zero-order chi connectivity index (χ0) is 21.2. The summed E-state index contributed by atoms with van der Waals surface area (Å²) >= 11 is 12.3. The number of anilines is 2. The van der Waals surface area contributed by atoms with Gasteiger partial charge in [0.1, 0.15) is 5.75 Å². The summed E-state index contributed by atoms with van der Waals surface area (Å²) in [7, 11) is 1.48. The Labute approximate surface area is 178 Å². The van der Waals surface area contributed by atoms with Crippen molar-refractivity contribution in [1.82, 2.24) is 5.43 Å². The maximum absolute atomic E-state index is 12.4. The molecule has 29 heavy (non-hydrogen) atoms. The van der Waals surface area contributed by atoms with Crippen molar-refractivity contribution in [3.05, 3.63) is 52.0 Å². The first-order chi connectivity index (χ1) is 13.7. The molecule has 2 aromatic rings. The molecule has 1 heterocycles. The number of rotatable bonds is 4. The van der Waals surface area contributed by atoms with Crippen LogP contribution in [0.2, 0.25) is 10.0 Å². The minimum Gasteiger partial charge on any atom is -0.495 e. The molecular weight excluding hydrogens is 415 g/mol. The molecule has 0 radical (unpaired) electrons. The first kappa shape index (κ1) is 21.0. The maximum atomic E-state index is 12.4. The lowest BCUT2D eigenvalue weighted by Gasteiger charge is -2.29. The van der Waals surface area contributed by atoms with Crippen molar-refractivity contribution in [2.75, 3.05) is 17.7 Å². The molecule has 2 aromatic carbocycles. The van der Waals surface area contributed by atoms with Gasteiger partial charge < -0.3 is 15.4 Å². The number of ether oxygens (including phenoxy) is 1. The van der Waals surface area contributed by atoms with Crippen LogP contribution in [0.4, 0.5) is 16.2 Å². The van der Waals surface area contributed by atoms with E-state index >= 15 is 0 Å². The van der Waals surface area contributed by atoms with Gasteiger partial charge in [0.15, 0.2) is 0 Å². The van der Waals surface area contributed by atoms with Gasteiger partial charge in [0.05, 0.1) is 28.6 Å². The summed E-state index contributed by atoms with van der Waals surface area (Å²) in [6, 6.07) is 9.78. The van der Waals surface area contributed by atoms with Crippen molar-refractivity contribution in [1.29, 1.82) is 0 Å². The first-order valence-corrected chi connectivity index (χ1v) is 9.53. The van der Waals surface area contributed by atoms with E-state index in [1.807, 2.05) is 19.9 Å². The molecule has 0 saturated carbocycles. The zero-order valence-corrected chi connectivity index (χ0v) is 17.6. The van der Waals surface area contributed by atoms with E-state index in [0.29, 0.717) is 33.6 Å². The number of urea groups is 1. The number of carbonyl (C=O) groups excluding carboxylic acids is 2. The van der Waals surface area contributed by atoms with Crippen LogP contribution in [0.25, 0.3) is 0 Å². The van der Waals surface area contributed by atoms with E-state index in [2.05, 4.69) is 21.2 Å². The number of methoxy groups -OCH3 is 1. The van der Waals surface area contributed by atoms with E-state index in [1.165, 1.54) is 19.2 Å². The Morgan fingerprint density at radius 1 is 1.17 bits per heavy atom. The van der Waals surface area contributed by atoms with E-state index in [9.17, 15) is 9.59 Å². The number of benzene rings is 2. The third-order valence-corrected chi connectivity index (χ3v) is 5.03. The second-order valence-electron chi connectivity index (χ2n) is 7.18. The molecular formula is C20H20Cl2N4O3. The topological polar surface area (TPSA) is 91.8 Å². The van der Waals surface area contributed by atoms with Gasteiger partial charge in [-0.05, 0) is 18.2 Å². The first-order valence-electron chi connectivity index (χ1n) is 8.78. The number of nitrogens with zero attached hydrogens (tertiary/aromatic N) is 1. The molecule has 0 fully saturated rings. The predicted molar refractivity (Wildman–Crippen MR) is 115 cm³/mol. The van der Waals surface area contributed by atoms with Crippen molar-refractivity contribution in [2.24, 2.45) is 10.5 Å². The second kappa shape index (κ2) is 8.31. The summed E-state index contributed by atoms with van der Waals surface area (Å²) in [4.78, 5) is 24.0. The molecule has 0 unspecified atom stereocenters. The number of nitrogens with one attached hydrogen (secondary N) is 3. The SMILES string of the molecule is COc1cc(Cl)c(NC(=O)Nc2cccc(C3=NNC(=O)CC3(C)C)c2)cc1Cl. The molecule has 0 aliphatic carbocycles. The van der Waals surface area contributed by atoms with Gasteiger partial charge >= 0.3 is 6.03 Å². The van der Waals surface area contributed by atoms with E-state index in [4.69, 9.17) is 27.9 Å². The van der Waals surface area contributed by atoms with E-state index in [-0.39, 0.29) is 5.91 Å². The Hall–Kier alpha value is -2.77. The van der Waals surface area contributed by atoms with Crippen molar-refractivity contribution in [3.8, 4) is 5.75 Å². The van der Waals surface area contributed by atoms with Gasteiger partial charge in [-0.2, -0.15) is 5.10 Å². The van der Waals surface area contributed by atoms with E-state index in [0.717, 1.165) is 11.3 Å². The van der Waals surface area contributed by atoms with Crippen LogP contribution in [-0.2, 0) is 4.79 Å².